The highest BCUT2D eigenvalue weighted by Crippen LogP contribution is 2.28. The second kappa shape index (κ2) is 11.8. The van der Waals surface area contributed by atoms with Crippen LogP contribution < -0.4 is 10.1 Å². The Labute approximate surface area is 223 Å². The number of anilines is 1. The third-order valence-corrected chi connectivity index (χ3v) is 6.89. The summed E-state index contributed by atoms with van der Waals surface area (Å²) in [5, 5.41) is 2.72. The molecule has 0 saturated carbocycles. The molecule has 39 heavy (non-hydrogen) atoms. The fraction of sp³-hybridized carbons (Fsp3) is 0.458. The lowest BCUT2D eigenvalue weighted by atomic mass is 10.1. The summed E-state index contributed by atoms with van der Waals surface area (Å²) in [6.45, 7) is 2.52. The molecule has 4 heterocycles. The van der Waals surface area contributed by atoms with E-state index in [1.807, 2.05) is 0 Å². The lowest BCUT2D eigenvalue weighted by molar-refractivity contribution is -0.141. The molecule has 0 radical (unpaired) electrons. The van der Waals surface area contributed by atoms with Gasteiger partial charge in [-0.05, 0) is 43.9 Å². The van der Waals surface area contributed by atoms with Gasteiger partial charge in [0.15, 0.2) is 5.69 Å². The Kier molecular flexibility index (Phi) is 8.69. The zero-order valence-corrected chi connectivity index (χ0v) is 21.5. The highest BCUT2D eigenvalue weighted by Gasteiger charge is 2.33. The first-order chi connectivity index (χ1) is 18.4. The molecule has 0 aromatic carbocycles. The van der Waals surface area contributed by atoms with Gasteiger partial charge in [0.1, 0.15) is 6.10 Å². The van der Waals surface area contributed by atoms with E-state index in [4.69, 9.17) is 4.74 Å². The Bertz CT molecular complexity index is 1260. The lowest BCUT2D eigenvalue weighted by Crippen LogP contribution is -2.42. The molecule has 1 fully saturated rings. The van der Waals surface area contributed by atoms with Crippen molar-refractivity contribution in [3.63, 3.8) is 0 Å². The number of rotatable bonds is 8. The van der Waals surface area contributed by atoms with Crippen molar-refractivity contribution in [2.24, 2.45) is 0 Å². The molecule has 4 rings (SSSR count). The number of hydrogen-bond donors (Lipinski definition) is 1. The maximum atomic E-state index is 13.0. The lowest BCUT2D eigenvalue weighted by Gasteiger charge is -2.32. The molecule has 0 bridgehead atoms. The third-order valence-electron chi connectivity index (χ3n) is 5.95. The molecule has 210 valence electrons. The molecule has 1 aliphatic heterocycles. The molecule has 1 N–H and O–H groups in total. The number of nitrogens with zero attached hydrogens (tertiary/aromatic N) is 5. The fourth-order valence-corrected chi connectivity index (χ4v) is 4.95. The molecular weight excluding hydrogens is 550 g/mol. The Morgan fingerprint density at radius 1 is 1.13 bits per heavy atom. The minimum absolute atomic E-state index is 0.0752. The number of hydrogen-bond acceptors (Lipinski definition) is 8. The van der Waals surface area contributed by atoms with E-state index >= 15 is 0 Å². The quantitative estimate of drug-likeness (QED) is 0.366. The molecular formula is C24H24F6N6O2S. The summed E-state index contributed by atoms with van der Waals surface area (Å²) in [6, 6.07) is 3.14. The molecule has 1 aliphatic rings. The van der Waals surface area contributed by atoms with Crippen LogP contribution in [0.4, 0.5) is 32.0 Å². The summed E-state index contributed by atoms with van der Waals surface area (Å²) in [5.41, 5.74) is 0.250. The Balaban J connectivity index is 1.35. The van der Waals surface area contributed by atoms with E-state index in [0.717, 1.165) is 17.7 Å². The van der Waals surface area contributed by atoms with E-state index in [2.05, 4.69) is 24.6 Å². The topological polar surface area (TPSA) is 93.1 Å². The van der Waals surface area contributed by atoms with Gasteiger partial charge < -0.3 is 10.1 Å². The van der Waals surface area contributed by atoms with Crippen molar-refractivity contribution in [3.8, 4) is 5.88 Å². The molecule has 8 nitrogen and oxygen atoms in total. The predicted octanol–water partition coefficient (Wildman–Crippen LogP) is 5.29. The van der Waals surface area contributed by atoms with E-state index in [1.54, 1.807) is 24.0 Å². The van der Waals surface area contributed by atoms with E-state index in [9.17, 15) is 31.1 Å². The summed E-state index contributed by atoms with van der Waals surface area (Å²) in [5.74, 6) is -0.190. The van der Waals surface area contributed by atoms with E-state index in [0.29, 0.717) is 48.4 Å². The van der Waals surface area contributed by atoms with Crippen LogP contribution in [0.25, 0.3) is 0 Å². The van der Waals surface area contributed by atoms with Crippen LogP contribution in [0.1, 0.15) is 51.6 Å². The van der Waals surface area contributed by atoms with Crippen LogP contribution in [0.5, 0.6) is 5.88 Å². The van der Waals surface area contributed by atoms with Crippen LogP contribution in [0.2, 0.25) is 0 Å². The number of carbonyl (C=O) groups is 1. The van der Waals surface area contributed by atoms with Gasteiger partial charge in [0, 0.05) is 36.7 Å². The van der Waals surface area contributed by atoms with Gasteiger partial charge in [-0.25, -0.2) is 9.97 Å². The molecule has 15 heteroatoms. The number of pyridine rings is 1. The van der Waals surface area contributed by atoms with Gasteiger partial charge in [-0.2, -0.15) is 30.7 Å². The average molecular weight is 575 g/mol. The fourth-order valence-electron chi connectivity index (χ4n) is 4.07. The van der Waals surface area contributed by atoms with Gasteiger partial charge in [-0.3, -0.25) is 14.7 Å². The number of halogens is 6. The average Bonchev–Trinajstić information content (AvgIpc) is 3.23. The van der Waals surface area contributed by atoms with Crippen LogP contribution in [-0.4, -0.2) is 62.0 Å². The zero-order valence-electron chi connectivity index (χ0n) is 20.6. The molecule has 1 amide bonds. The highest BCUT2D eigenvalue weighted by molar-refractivity contribution is 7.06. The number of aryl methyl sites for hydroxylation is 1. The van der Waals surface area contributed by atoms with Gasteiger partial charge in [-0.1, -0.05) is 0 Å². The predicted molar refractivity (Wildman–Crippen MR) is 130 cm³/mol. The summed E-state index contributed by atoms with van der Waals surface area (Å²) in [7, 11) is 0. The number of alkyl halides is 6. The maximum absolute atomic E-state index is 13.0. The van der Waals surface area contributed by atoms with E-state index in [1.165, 1.54) is 6.20 Å². The molecule has 0 aliphatic carbocycles. The van der Waals surface area contributed by atoms with Gasteiger partial charge in [-0.15, -0.1) is 0 Å². The highest BCUT2D eigenvalue weighted by atomic mass is 32.1. The number of nitrogens with one attached hydrogen (secondary N) is 1. The van der Waals surface area contributed by atoms with Crippen molar-refractivity contribution in [2.45, 2.75) is 51.1 Å². The SMILES string of the molecule is Cc1nsc(Cc2cnc(C(F)(F)F)cn2)c1C(=O)Nc1ccc(O[C@H]2CCCN(CCC(F)(F)F)C2)nc1. The number of amides is 1. The molecule has 3 aromatic heterocycles. The first-order valence-electron chi connectivity index (χ1n) is 11.9. The van der Waals surface area contributed by atoms with Crippen LogP contribution in [0, 0.1) is 6.92 Å². The van der Waals surface area contributed by atoms with Crippen LogP contribution >= 0.6 is 11.5 Å². The number of piperidine rings is 1. The minimum Gasteiger partial charge on any atom is -0.473 e. The first kappa shape index (κ1) is 28.7. The van der Waals surface area contributed by atoms with E-state index in [-0.39, 0.29) is 36.2 Å². The summed E-state index contributed by atoms with van der Waals surface area (Å²) >= 11 is 1.04. The van der Waals surface area contributed by atoms with Crippen LogP contribution in [-0.2, 0) is 12.6 Å². The minimum atomic E-state index is -4.60. The zero-order chi connectivity index (χ0) is 28.2. The molecule has 1 saturated heterocycles. The third kappa shape index (κ3) is 8.08. The number of likely N-dealkylation sites (tertiary alicyclic amines) is 1. The van der Waals surface area contributed by atoms with Gasteiger partial charge in [0.25, 0.3) is 5.91 Å². The van der Waals surface area contributed by atoms with Crippen LogP contribution in [0.3, 0.4) is 0 Å². The Morgan fingerprint density at radius 2 is 1.92 bits per heavy atom. The van der Waals surface area contributed by atoms with Crippen LogP contribution in [0.15, 0.2) is 30.7 Å². The summed E-state index contributed by atoms with van der Waals surface area (Å²) < 4.78 is 85.8. The van der Waals surface area contributed by atoms with Crippen molar-refractivity contribution in [1.29, 1.82) is 0 Å². The maximum Gasteiger partial charge on any atom is 0.434 e. The van der Waals surface area contributed by atoms with Crippen molar-refractivity contribution in [3.05, 3.63) is 58.2 Å². The molecule has 3 aromatic rings. The van der Waals surface area contributed by atoms with Crippen molar-refractivity contribution < 1.29 is 35.9 Å². The molecule has 0 spiro atoms. The molecule has 1 atom stereocenters. The largest absolute Gasteiger partial charge is 0.473 e. The number of carbonyl (C=O) groups excluding carboxylic acids is 1. The number of aromatic nitrogens is 4. The Hall–Kier alpha value is -3.33. The van der Waals surface area contributed by atoms with Crippen molar-refractivity contribution in [1.82, 2.24) is 24.2 Å². The van der Waals surface area contributed by atoms with Crippen molar-refractivity contribution in [2.75, 3.05) is 25.0 Å². The Morgan fingerprint density at radius 3 is 2.56 bits per heavy atom. The smallest absolute Gasteiger partial charge is 0.434 e. The molecule has 0 unspecified atom stereocenters. The summed E-state index contributed by atoms with van der Waals surface area (Å²) in [6.07, 6.45) is -5.43. The van der Waals surface area contributed by atoms with Gasteiger partial charge in [0.2, 0.25) is 5.88 Å². The first-order valence-corrected chi connectivity index (χ1v) is 12.7. The standard InChI is InChI=1S/C24H24F6N6O2S/c1-14-21(18(39-35-14)9-16-11-32-19(12-31-16)24(28,29)30)22(37)34-15-4-5-20(33-10-15)38-17-3-2-7-36(13-17)8-6-23(25,26)27/h4-5,10-12,17H,2-3,6-9,13H2,1H3,(H,34,37)/t17-/m0/s1. The monoisotopic (exact) mass is 574 g/mol. The van der Waals surface area contributed by atoms with Gasteiger partial charge >= 0.3 is 12.4 Å². The summed E-state index contributed by atoms with van der Waals surface area (Å²) in [4.78, 5) is 26.6. The van der Waals surface area contributed by atoms with Gasteiger partial charge in [0.05, 0.1) is 41.5 Å². The van der Waals surface area contributed by atoms with E-state index < -0.39 is 30.4 Å². The number of ether oxygens (including phenoxy) is 1. The second-order valence-electron chi connectivity index (χ2n) is 9.02. The van der Waals surface area contributed by atoms with Crippen molar-refractivity contribution >= 4 is 23.1 Å². The second-order valence-corrected chi connectivity index (χ2v) is 9.88. The normalized spacial score (nSPS) is 16.7.